The van der Waals surface area contributed by atoms with Gasteiger partial charge in [-0.25, -0.2) is 0 Å². The van der Waals surface area contributed by atoms with Gasteiger partial charge in [0.1, 0.15) is 0 Å². The molecule has 0 saturated heterocycles. The second-order valence-electron chi connectivity index (χ2n) is 3.12. The van der Waals surface area contributed by atoms with Crippen LogP contribution in [0.15, 0.2) is 4.99 Å². The molecule has 74 valence electrons. The molecule has 0 aromatic carbocycles. The molecule has 4 nitrogen and oxygen atoms in total. The average molecular weight is 267 g/mol. The number of nitrogens with one attached hydrogen (secondary N) is 1. The summed E-state index contributed by atoms with van der Waals surface area (Å²) in [7, 11) is 0. The number of nitrogens with zero attached hydrogens (tertiary/aromatic N) is 1. The zero-order valence-corrected chi connectivity index (χ0v) is 9.61. The Morgan fingerprint density at radius 1 is 1.92 bits per heavy atom. The maximum absolute atomic E-state index is 10.3. The Labute approximate surface area is 89.3 Å². The summed E-state index contributed by atoms with van der Waals surface area (Å²) < 4.78 is 0. The molecular formula is C7H11BrN2O2S. The van der Waals surface area contributed by atoms with Crippen LogP contribution in [0, 0.1) is 0 Å². The summed E-state index contributed by atoms with van der Waals surface area (Å²) in [4.78, 5) is 14.5. The van der Waals surface area contributed by atoms with E-state index in [0.717, 1.165) is 10.5 Å². The molecule has 6 heteroatoms. The molecule has 1 heterocycles. The number of thioether (sulfide) groups is 1. The van der Waals surface area contributed by atoms with Gasteiger partial charge in [0.05, 0.1) is 17.8 Å². The summed E-state index contributed by atoms with van der Waals surface area (Å²) in [6, 6.07) is 0. The van der Waals surface area contributed by atoms with Gasteiger partial charge < -0.3 is 10.4 Å². The van der Waals surface area contributed by atoms with Gasteiger partial charge in [-0.05, 0) is 6.92 Å². The van der Waals surface area contributed by atoms with E-state index in [4.69, 9.17) is 5.11 Å². The summed E-state index contributed by atoms with van der Waals surface area (Å²) in [6.07, 6.45) is 0. The molecule has 1 unspecified atom stereocenters. The zero-order chi connectivity index (χ0) is 9.90. The van der Waals surface area contributed by atoms with Gasteiger partial charge >= 0.3 is 5.97 Å². The van der Waals surface area contributed by atoms with Crippen LogP contribution in [0.3, 0.4) is 0 Å². The fraction of sp³-hybridized carbons (Fsp3) is 0.714. The molecule has 0 spiro atoms. The van der Waals surface area contributed by atoms with Crippen LogP contribution in [0.4, 0.5) is 0 Å². The van der Waals surface area contributed by atoms with E-state index >= 15 is 0 Å². The normalized spacial score (nSPS) is 26.8. The van der Waals surface area contributed by atoms with Crippen molar-refractivity contribution in [2.75, 3.05) is 17.6 Å². The van der Waals surface area contributed by atoms with Crippen molar-refractivity contribution in [3.8, 4) is 0 Å². The van der Waals surface area contributed by atoms with Crippen LogP contribution < -0.4 is 5.32 Å². The fourth-order valence-corrected chi connectivity index (χ4v) is 1.92. The predicted molar refractivity (Wildman–Crippen MR) is 57.7 cm³/mol. The van der Waals surface area contributed by atoms with Gasteiger partial charge in [0.15, 0.2) is 5.17 Å². The Bertz CT molecular complexity index is 247. The van der Waals surface area contributed by atoms with E-state index in [9.17, 15) is 4.79 Å². The first-order valence-electron chi connectivity index (χ1n) is 3.79. The molecule has 1 aliphatic rings. The topological polar surface area (TPSA) is 61.7 Å². The van der Waals surface area contributed by atoms with Gasteiger partial charge in [0.25, 0.3) is 0 Å². The second kappa shape index (κ2) is 4.32. The van der Waals surface area contributed by atoms with Crippen LogP contribution >= 0.6 is 27.7 Å². The molecule has 1 atom stereocenters. The summed E-state index contributed by atoms with van der Waals surface area (Å²) in [5.41, 5.74) is -0.0547. The van der Waals surface area contributed by atoms with Crippen molar-refractivity contribution >= 4 is 38.8 Å². The monoisotopic (exact) mass is 266 g/mol. The molecule has 0 saturated carbocycles. The van der Waals surface area contributed by atoms with Crippen molar-refractivity contribution in [2.24, 2.45) is 4.99 Å². The number of alkyl halides is 1. The number of hydrogen-bond donors (Lipinski definition) is 2. The first kappa shape index (κ1) is 10.8. The predicted octanol–water partition coefficient (Wildman–Crippen LogP) is 0.917. The number of carboxylic acid groups (broad SMARTS) is 1. The Hall–Kier alpha value is -0.230. The molecule has 0 bridgehead atoms. The number of amidine groups is 1. The van der Waals surface area contributed by atoms with Crippen molar-refractivity contribution in [3.05, 3.63) is 0 Å². The third kappa shape index (κ3) is 3.19. The molecule has 2 N–H and O–H groups in total. The Morgan fingerprint density at radius 2 is 2.62 bits per heavy atom. The van der Waals surface area contributed by atoms with E-state index in [0.29, 0.717) is 6.54 Å². The Morgan fingerprint density at radius 3 is 3.08 bits per heavy atom. The molecule has 0 aromatic heterocycles. The van der Waals surface area contributed by atoms with Crippen molar-refractivity contribution in [1.82, 2.24) is 5.32 Å². The lowest BCUT2D eigenvalue weighted by molar-refractivity contribution is -0.133. The molecule has 1 rings (SSSR count). The first-order chi connectivity index (χ1) is 6.06. The van der Waals surface area contributed by atoms with Gasteiger partial charge in [0.2, 0.25) is 0 Å². The Kier molecular flexibility index (Phi) is 3.61. The van der Waals surface area contributed by atoms with Gasteiger partial charge in [-0.15, -0.1) is 0 Å². The van der Waals surface area contributed by atoms with E-state index in [1.165, 1.54) is 11.8 Å². The van der Waals surface area contributed by atoms with E-state index in [1.807, 2.05) is 6.92 Å². The highest BCUT2D eigenvalue weighted by atomic mass is 79.9. The molecular weight excluding hydrogens is 256 g/mol. The number of aliphatic carboxylic acids is 1. The van der Waals surface area contributed by atoms with Crippen molar-refractivity contribution in [1.29, 1.82) is 0 Å². The molecule has 1 aliphatic heterocycles. The smallest absolute Gasteiger partial charge is 0.313 e. The minimum absolute atomic E-state index is 0.0547. The standard InChI is InChI=1S/C7H11BrN2O2S/c1-7(3-8)4-9-6(10-7)13-2-5(11)12/h2-4H2,1H3,(H,9,10)(H,11,12). The number of halogens is 1. The lowest BCUT2D eigenvalue weighted by Crippen LogP contribution is -2.43. The minimum Gasteiger partial charge on any atom is -0.481 e. The van der Waals surface area contributed by atoms with Gasteiger partial charge in [0, 0.05) is 5.33 Å². The Balaban J connectivity index is 2.36. The highest BCUT2D eigenvalue weighted by Crippen LogP contribution is 2.18. The number of carboxylic acids is 1. The lowest BCUT2D eigenvalue weighted by Gasteiger charge is -2.20. The number of hydrogen-bond acceptors (Lipinski definition) is 4. The van der Waals surface area contributed by atoms with Gasteiger partial charge in [-0.1, -0.05) is 27.7 Å². The van der Waals surface area contributed by atoms with Crippen molar-refractivity contribution in [2.45, 2.75) is 12.5 Å². The SMILES string of the molecule is CC1(CBr)CN=C(SCC(=O)O)N1. The van der Waals surface area contributed by atoms with Crippen LogP contribution in [0.5, 0.6) is 0 Å². The second-order valence-corrected chi connectivity index (χ2v) is 4.65. The fourth-order valence-electron chi connectivity index (χ4n) is 0.871. The van der Waals surface area contributed by atoms with Crippen LogP contribution in [-0.4, -0.2) is 39.4 Å². The molecule has 0 aromatic rings. The van der Waals surface area contributed by atoms with Crippen LogP contribution in [0.2, 0.25) is 0 Å². The maximum atomic E-state index is 10.3. The van der Waals surface area contributed by atoms with Crippen molar-refractivity contribution < 1.29 is 9.90 Å². The van der Waals surface area contributed by atoms with E-state index in [2.05, 4.69) is 26.2 Å². The van der Waals surface area contributed by atoms with Crippen LogP contribution in [0.25, 0.3) is 0 Å². The highest BCUT2D eigenvalue weighted by Gasteiger charge is 2.29. The van der Waals surface area contributed by atoms with Gasteiger partial charge in [-0.3, -0.25) is 9.79 Å². The summed E-state index contributed by atoms with van der Waals surface area (Å²) in [5, 5.41) is 13.2. The number of carbonyl (C=O) groups is 1. The van der Waals surface area contributed by atoms with Gasteiger partial charge in [-0.2, -0.15) is 0 Å². The molecule has 0 fully saturated rings. The van der Waals surface area contributed by atoms with Crippen LogP contribution in [-0.2, 0) is 4.79 Å². The average Bonchev–Trinajstić information content (AvgIpc) is 2.45. The molecule has 0 aliphatic carbocycles. The minimum atomic E-state index is -0.818. The van der Waals surface area contributed by atoms with Crippen molar-refractivity contribution in [3.63, 3.8) is 0 Å². The number of rotatable bonds is 3. The quantitative estimate of drug-likeness (QED) is 0.746. The van der Waals surface area contributed by atoms with E-state index < -0.39 is 5.97 Å². The summed E-state index contributed by atoms with van der Waals surface area (Å²) >= 11 is 4.61. The summed E-state index contributed by atoms with van der Waals surface area (Å²) in [5.74, 6) is -0.758. The van der Waals surface area contributed by atoms with E-state index in [1.54, 1.807) is 0 Å². The van der Waals surface area contributed by atoms with E-state index in [-0.39, 0.29) is 11.3 Å². The third-order valence-electron chi connectivity index (χ3n) is 1.61. The summed E-state index contributed by atoms with van der Waals surface area (Å²) in [6.45, 7) is 2.74. The zero-order valence-electron chi connectivity index (χ0n) is 7.21. The number of aliphatic imine (C=N–C) groups is 1. The molecule has 13 heavy (non-hydrogen) atoms. The molecule has 0 amide bonds. The third-order valence-corrected chi connectivity index (χ3v) is 3.74. The maximum Gasteiger partial charge on any atom is 0.313 e. The first-order valence-corrected chi connectivity index (χ1v) is 5.90. The van der Waals surface area contributed by atoms with Crippen LogP contribution in [0.1, 0.15) is 6.92 Å². The highest BCUT2D eigenvalue weighted by molar-refractivity contribution is 9.09. The lowest BCUT2D eigenvalue weighted by atomic mass is 10.1. The largest absolute Gasteiger partial charge is 0.481 e. The molecule has 0 radical (unpaired) electrons.